The predicted molar refractivity (Wildman–Crippen MR) is 78.7 cm³/mol. The van der Waals surface area contributed by atoms with Gasteiger partial charge in [0.05, 0.1) is 0 Å². The number of carbonyl (C=O) groups excluding carboxylic acids is 1. The van der Waals surface area contributed by atoms with E-state index in [4.69, 9.17) is 9.47 Å². The maximum atomic E-state index is 11.7. The summed E-state index contributed by atoms with van der Waals surface area (Å²) in [5.41, 5.74) is 3.07. The summed E-state index contributed by atoms with van der Waals surface area (Å²) >= 11 is 0. The van der Waals surface area contributed by atoms with Gasteiger partial charge in [-0.05, 0) is 43.2 Å². The number of Topliss-reactive ketones (excluding diaryl/α,β-unsaturated/α-hetero) is 1. The fourth-order valence-corrected chi connectivity index (χ4v) is 2.69. The first-order valence-corrected chi connectivity index (χ1v) is 6.95. The molecule has 0 bridgehead atoms. The minimum Gasteiger partial charge on any atom is -0.454 e. The average Bonchev–Trinajstić information content (AvgIpc) is 2.93. The lowest BCUT2D eigenvalue weighted by Gasteiger charge is -2.18. The molecule has 1 aliphatic rings. The normalized spacial score (nSPS) is 14.0. The Bertz CT molecular complexity index is 681. The highest BCUT2D eigenvalue weighted by atomic mass is 16.7. The summed E-state index contributed by atoms with van der Waals surface area (Å²) < 4.78 is 10.8. The van der Waals surface area contributed by atoms with Crippen molar-refractivity contribution in [1.82, 2.24) is 4.98 Å². The van der Waals surface area contributed by atoms with Crippen molar-refractivity contribution in [3.63, 3.8) is 0 Å². The Morgan fingerprint density at radius 1 is 1.29 bits per heavy atom. The zero-order chi connectivity index (χ0) is 14.8. The Labute approximate surface area is 123 Å². The number of nitrogens with zero attached hydrogens (tertiary/aromatic N) is 1. The molecule has 0 radical (unpaired) electrons. The van der Waals surface area contributed by atoms with E-state index >= 15 is 0 Å². The summed E-state index contributed by atoms with van der Waals surface area (Å²) in [6, 6.07) is 9.79. The Balaban J connectivity index is 2.03. The molecule has 0 aliphatic carbocycles. The molecule has 0 saturated carbocycles. The molecule has 1 aromatic carbocycles. The van der Waals surface area contributed by atoms with E-state index in [2.05, 4.69) is 4.98 Å². The van der Waals surface area contributed by atoms with E-state index in [0.29, 0.717) is 6.42 Å². The predicted octanol–water partition coefficient (Wildman–Crippen LogP) is 3.23. The molecule has 21 heavy (non-hydrogen) atoms. The molecule has 0 N–H and O–H groups in total. The molecule has 1 atom stereocenters. The Hall–Kier alpha value is -2.36. The van der Waals surface area contributed by atoms with Gasteiger partial charge in [-0.1, -0.05) is 12.1 Å². The Morgan fingerprint density at radius 3 is 2.86 bits per heavy atom. The number of fused-ring (bicyclic) bond motifs is 1. The van der Waals surface area contributed by atoms with Crippen molar-refractivity contribution in [3.05, 3.63) is 53.3 Å². The molecule has 0 saturated heterocycles. The summed E-state index contributed by atoms with van der Waals surface area (Å²) in [7, 11) is 0. The molecule has 0 spiro atoms. The van der Waals surface area contributed by atoms with Crippen LogP contribution in [0.2, 0.25) is 0 Å². The van der Waals surface area contributed by atoms with Crippen molar-refractivity contribution in [2.45, 2.75) is 26.2 Å². The Morgan fingerprint density at radius 2 is 2.10 bits per heavy atom. The number of ether oxygens (including phenoxy) is 2. The second-order valence-electron chi connectivity index (χ2n) is 5.25. The van der Waals surface area contributed by atoms with Crippen molar-refractivity contribution in [2.24, 2.45) is 0 Å². The summed E-state index contributed by atoms with van der Waals surface area (Å²) in [5, 5.41) is 0. The summed E-state index contributed by atoms with van der Waals surface area (Å²) in [4.78, 5) is 16.0. The van der Waals surface area contributed by atoms with E-state index < -0.39 is 0 Å². The Kier molecular flexibility index (Phi) is 3.60. The van der Waals surface area contributed by atoms with Gasteiger partial charge in [0.1, 0.15) is 5.78 Å². The summed E-state index contributed by atoms with van der Waals surface area (Å²) in [6.45, 7) is 3.84. The second kappa shape index (κ2) is 5.56. The summed E-state index contributed by atoms with van der Waals surface area (Å²) in [6.07, 6.45) is 2.22. The largest absolute Gasteiger partial charge is 0.454 e. The van der Waals surface area contributed by atoms with Crippen molar-refractivity contribution in [3.8, 4) is 11.5 Å². The topological polar surface area (TPSA) is 48.4 Å². The monoisotopic (exact) mass is 283 g/mol. The van der Waals surface area contributed by atoms with E-state index in [1.807, 2.05) is 37.3 Å². The molecule has 3 rings (SSSR count). The third-order valence-electron chi connectivity index (χ3n) is 3.71. The first-order valence-electron chi connectivity index (χ1n) is 6.95. The lowest BCUT2D eigenvalue weighted by molar-refractivity contribution is -0.117. The fraction of sp³-hybridized carbons (Fsp3) is 0.294. The molecular weight excluding hydrogens is 266 g/mol. The molecule has 2 heterocycles. The highest BCUT2D eigenvalue weighted by Gasteiger charge is 2.22. The maximum Gasteiger partial charge on any atom is 0.231 e. The van der Waals surface area contributed by atoms with Gasteiger partial charge >= 0.3 is 0 Å². The summed E-state index contributed by atoms with van der Waals surface area (Å²) in [5.74, 6) is 1.64. The fourth-order valence-electron chi connectivity index (χ4n) is 2.69. The first kappa shape index (κ1) is 13.6. The second-order valence-corrected chi connectivity index (χ2v) is 5.25. The molecule has 2 aromatic rings. The van der Waals surface area contributed by atoms with E-state index in [1.54, 1.807) is 13.1 Å². The number of aromatic nitrogens is 1. The highest BCUT2D eigenvalue weighted by Crippen LogP contribution is 2.38. The van der Waals surface area contributed by atoms with E-state index in [0.717, 1.165) is 28.3 Å². The molecule has 0 fully saturated rings. The van der Waals surface area contributed by atoms with Crippen LogP contribution >= 0.6 is 0 Å². The smallest absolute Gasteiger partial charge is 0.231 e. The van der Waals surface area contributed by atoms with Gasteiger partial charge in [-0.15, -0.1) is 0 Å². The van der Waals surface area contributed by atoms with Crippen LogP contribution in [0, 0.1) is 6.92 Å². The van der Waals surface area contributed by atoms with Gasteiger partial charge in [-0.2, -0.15) is 0 Å². The molecule has 1 aliphatic heterocycles. The molecule has 0 amide bonds. The third-order valence-corrected chi connectivity index (χ3v) is 3.71. The van der Waals surface area contributed by atoms with Crippen LogP contribution in [0.25, 0.3) is 0 Å². The van der Waals surface area contributed by atoms with E-state index in [9.17, 15) is 4.79 Å². The van der Waals surface area contributed by atoms with E-state index in [1.165, 1.54) is 0 Å². The first-order chi connectivity index (χ1) is 10.1. The van der Waals surface area contributed by atoms with Gasteiger partial charge in [0, 0.05) is 24.2 Å². The van der Waals surface area contributed by atoms with Gasteiger partial charge in [-0.25, -0.2) is 0 Å². The number of carbonyl (C=O) groups is 1. The van der Waals surface area contributed by atoms with Crippen LogP contribution in [-0.4, -0.2) is 17.6 Å². The number of hydrogen-bond donors (Lipinski definition) is 0. The number of pyridine rings is 1. The van der Waals surface area contributed by atoms with Gasteiger partial charge in [0.15, 0.2) is 11.5 Å². The van der Waals surface area contributed by atoms with Crippen LogP contribution in [-0.2, 0) is 4.79 Å². The van der Waals surface area contributed by atoms with Crippen molar-refractivity contribution < 1.29 is 14.3 Å². The van der Waals surface area contributed by atoms with Crippen LogP contribution in [0.5, 0.6) is 11.5 Å². The minimum absolute atomic E-state index is 0.00861. The van der Waals surface area contributed by atoms with Crippen LogP contribution in [0.3, 0.4) is 0 Å². The molecular formula is C17H17NO3. The van der Waals surface area contributed by atoms with E-state index in [-0.39, 0.29) is 18.5 Å². The number of ketones is 1. The van der Waals surface area contributed by atoms with Gasteiger partial charge in [-0.3, -0.25) is 9.78 Å². The van der Waals surface area contributed by atoms with Crippen molar-refractivity contribution in [2.75, 3.05) is 6.79 Å². The third kappa shape index (κ3) is 2.75. The number of aryl methyl sites for hydroxylation is 1. The molecule has 4 nitrogen and oxygen atoms in total. The lowest BCUT2D eigenvalue weighted by atomic mass is 9.86. The van der Waals surface area contributed by atoms with Crippen LogP contribution in [0.1, 0.15) is 36.1 Å². The van der Waals surface area contributed by atoms with Gasteiger partial charge < -0.3 is 9.47 Å². The maximum absolute atomic E-state index is 11.7. The highest BCUT2D eigenvalue weighted by molar-refractivity contribution is 5.77. The standard InChI is InChI=1S/C17H17NO3/c1-11(19)8-15(14-4-3-7-18-12(14)2)13-5-6-16-17(9-13)21-10-20-16/h3-7,9,15H,8,10H2,1-2H3/t15-/m0/s1. The molecule has 4 heteroatoms. The average molecular weight is 283 g/mol. The quantitative estimate of drug-likeness (QED) is 0.864. The number of rotatable bonds is 4. The number of hydrogen-bond acceptors (Lipinski definition) is 4. The van der Waals surface area contributed by atoms with Gasteiger partial charge in [0.2, 0.25) is 6.79 Å². The molecule has 1 aromatic heterocycles. The van der Waals surface area contributed by atoms with Crippen molar-refractivity contribution >= 4 is 5.78 Å². The number of benzene rings is 1. The lowest BCUT2D eigenvalue weighted by Crippen LogP contribution is -2.08. The zero-order valence-corrected chi connectivity index (χ0v) is 12.1. The SMILES string of the molecule is CC(=O)C[C@@H](c1ccc2c(c1)OCO2)c1cccnc1C. The van der Waals surface area contributed by atoms with Crippen LogP contribution < -0.4 is 9.47 Å². The van der Waals surface area contributed by atoms with Crippen molar-refractivity contribution in [1.29, 1.82) is 0 Å². The zero-order valence-electron chi connectivity index (χ0n) is 12.1. The molecule has 0 unspecified atom stereocenters. The molecule has 108 valence electrons. The van der Waals surface area contributed by atoms with Gasteiger partial charge in [0.25, 0.3) is 0 Å². The van der Waals surface area contributed by atoms with Crippen LogP contribution in [0.4, 0.5) is 0 Å². The van der Waals surface area contributed by atoms with Crippen LogP contribution in [0.15, 0.2) is 36.5 Å². The minimum atomic E-state index is -0.00861.